The maximum absolute atomic E-state index is 11.5. The van der Waals surface area contributed by atoms with Crippen LogP contribution in [0.5, 0.6) is 57.5 Å². The van der Waals surface area contributed by atoms with Crippen molar-refractivity contribution in [3.05, 3.63) is 303 Å². The molecule has 0 radical (unpaired) electrons. The van der Waals surface area contributed by atoms with Crippen LogP contribution in [-0.4, -0.2) is 76.7 Å². The Balaban J connectivity index is 0.000000240. The van der Waals surface area contributed by atoms with Crippen molar-refractivity contribution < 1.29 is 47.5 Å². The topological polar surface area (TPSA) is 302 Å². The number of hydrogen-bond donors (Lipinski definition) is 5. The van der Waals surface area contributed by atoms with Gasteiger partial charge in [0, 0.05) is 60.0 Å². The molecule has 572 valence electrons. The Morgan fingerprint density at radius 1 is 0.559 bits per heavy atom. The van der Waals surface area contributed by atoms with Gasteiger partial charge in [0.25, 0.3) is 0 Å². The Morgan fingerprint density at radius 3 is 1.19 bits per heavy atom. The highest BCUT2D eigenvalue weighted by Gasteiger charge is 2.10. The number of terminal acetylenes is 1. The number of nitrogens with zero attached hydrogens (tertiary/aromatic N) is 6. The van der Waals surface area contributed by atoms with E-state index < -0.39 is 11.9 Å². The summed E-state index contributed by atoms with van der Waals surface area (Å²) in [5.41, 5.74) is 17.5. The quantitative estimate of drug-likeness (QED) is 0.00385. The molecule has 0 saturated heterocycles. The molecule has 8 N–H and O–H groups in total. The lowest BCUT2D eigenvalue weighted by Crippen LogP contribution is -2.18. The fourth-order valence-corrected chi connectivity index (χ4v) is 9.37. The predicted octanol–water partition coefficient (Wildman–Crippen LogP) is 21.2. The molecule has 1 atom stereocenters. The molecule has 12 rings (SSSR count). The molecule has 2 heterocycles. The van der Waals surface area contributed by atoms with Gasteiger partial charge in [0.15, 0.2) is 11.6 Å². The number of nitrogens with one attached hydrogen (secondary N) is 2. The van der Waals surface area contributed by atoms with Crippen molar-refractivity contribution in [2.45, 2.75) is 45.3 Å². The molecule has 0 spiro atoms. The van der Waals surface area contributed by atoms with E-state index in [1.807, 2.05) is 151 Å². The molecule has 29 heteroatoms. The molecule has 111 heavy (non-hydrogen) atoms. The number of carbonyl (C=O) groups excluding carboxylic acids is 3. The summed E-state index contributed by atoms with van der Waals surface area (Å²) in [7, 11) is 0. The zero-order valence-corrected chi connectivity index (χ0v) is 67.9. The number of carbonyl (C=O) groups is 3. The molecule has 1 amide bonds. The minimum Gasteiger partial charge on any atom is -0.460 e. The van der Waals surface area contributed by atoms with Gasteiger partial charge >= 0.3 is 11.9 Å². The first-order valence-corrected chi connectivity index (χ1v) is 38.5. The van der Waals surface area contributed by atoms with Crippen LogP contribution in [0.3, 0.4) is 0 Å². The van der Waals surface area contributed by atoms with Crippen LogP contribution in [0.25, 0.3) is 29.0 Å². The fourth-order valence-electron chi connectivity index (χ4n) is 8.17. The average molecular weight is 1740 g/mol. The second kappa shape index (κ2) is 50.7. The number of alkyl halides is 1. The fraction of sp³-hybridized carbons (Fsp3) is 0.110. The predicted molar refractivity (Wildman–Crippen MR) is 455 cm³/mol. The van der Waals surface area contributed by atoms with E-state index in [0.29, 0.717) is 70.9 Å². The summed E-state index contributed by atoms with van der Waals surface area (Å²) < 4.78 is 39.3. The number of H-pyrrole nitrogens is 1. The number of rotatable bonds is 20. The van der Waals surface area contributed by atoms with Gasteiger partial charge in [0.2, 0.25) is 6.41 Å². The maximum atomic E-state index is 11.5. The van der Waals surface area contributed by atoms with Gasteiger partial charge in [-0.3, -0.25) is 15.3 Å². The zero-order valence-electron chi connectivity index (χ0n) is 60.4. The van der Waals surface area contributed by atoms with Crippen LogP contribution < -0.4 is 46.4 Å². The summed E-state index contributed by atoms with van der Waals surface area (Å²) in [4.78, 5) is 41.3. The van der Waals surface area contributed by atoms with E-state index in [4.69, 9.17) is 127 Å². The van der Waals surface area contributed by atoms with Gasteiger partial charge in [-0.25, -0.2) is 30.1 Å². The van der Waals surface area contributed by atoms with Crippen molar-refractivity contribution in [2.75, 3.05) is 11.2 Å². The summed E-state index contributed by atoms with van der Waals surface area (Å²) in [5.74, 6) is 13.8. The number of thiocarbonyl (C=S) groups is 1. The van der Waals surface area contributed by atoms with E-state index in [1.165, 1.54) is 29.6 Å². The van der Waals surface area contributed by atoms with Crippen LogP contribution >= 0.6 is 105 Å². The molecule has 0 aliphatic rings. The van der Waals surface area contributed by atoms with Crippen molar-refractivity contribution in [1.82, 2.24) is 35.4 Å². The van der Waals surface area contributed by atoms with Crippen LogP contribution in [0.2, 0.25) is 25.1 Å². The van der Waals surface area contributed by atoms with E-state index in [-0.39, 0.29) is 17.6 Å². The summed E-state index contributed by atoms with van der Waals surface area (Å²) in [6, 6.07) is 75.0. The molecule has 1 unspecified atom stereocenters. The van der Waals surface area contributed by atoms with Gasteiger partial charge in [0.1, 0.15) is 75.1 Å². The van der Waals surface area contributed by atoms with Crippen molar-refractivity contribution in [2.24, 2.45) is 17.3 Å². The third kappa shape index (κ3) is 35.9. The Kier molecular flexibility index (Phi) is 41.4. The molecule has 10 aromatic carbocycles. The van der Waals surface area contributed by atoms with Crippen LogP contribution in [0.4, 0.5) is 0 Å². The normalized spacial score (nSPS) is 10.2. The van der Waals surface area contributed by atoms with Crippen molar-refractivity contribution in [3.63, 3.8) is 0 Å². The van der Waals surface area contributed by atoms with Crippen LogP contribution in [0, 0.1) is 23.7 Å². The monoisotopic (exact) mass is 1740 g/mol. The summed E-state index contributed by atoms with van der Waals surface area (Å²) in [6.07, 6.45) is 12.6. The minimum absolute atomic E-state index is 0.00887. The zero-order chi connectivity index (χ0) is 80.9. The maximum Gasteiger partial charge on any atom is 0.384 e. The lowest BCUT2D eigenvalue weighted by molar-refractivity contribution is -0.141. The van der Waals surface area contributed by atoms with Gasteiger partial charge in [-0.1, -0.05) is 105 Å². The molecule has 0 aliphatic carbocycles. The number of nitrogens with two attached hydrogens (primary N) is 3. The smallest absolute Gasteiger partial charge is 0.384 e. The number of ether oxygens (including phenoxy) is 7. The van der Waals surface area contributed by atoms with Gasteiger partial charge in [-0.05, 0) is 275 Å². The van der Waals surface area contributed by atoms with Crippen LogP contribution in [0.15, 0.2) is 261 Å². The summed E-state index contributed by atoms with van der Waals surface area (Å²) in [6.45, 7) is 7.07. The van der Waals surface area contributed by atoms with E-state index in [1.54, 1.807) is 154 Å². The number of halogens is 6. The van der Waals surface area contributed by atoms with E-state index in [2.05, 4.69) is 64.5 Å². The number of nitriles is 1. The van der Waals surface area contributed by atoms with E-state index >= 15 is 0 Å². The number of benzene rings is 10. The van der Waals surface area contributed by atoms with Crippen LogP contribution in [0.1, 0.15) is 49.8 Å². The number of aromatic amines is 1. The highest BCUT2D eigenvalue weighted by atomic mass is 127. The molecule has 0 fully saturated rings. The molecule has 2 aromatic heterocycles. The number of hydrazine groups is 1. The highest BCUT2D eigenvalue weighted by Crippen LogP contribution is 2.31. The first-order chi connectivity index (χ1) is 53.5. The molecule has 0 aliphatic heterocycles. The minimum atomic E-state index is -0.597. The Labute approximate surface area is 692 Å². The number of esters is 2. The standard InChI is InChI=1S/C20H18ClN3O3.C14H10ClN3O.C14H14ClNOS.C13H10ClNOS.C13H8ClNO.C6H8O2.CH3I.CH4N2O/c1-14(2)26-19(25)11-12-24-13-22-20(23-24)15-3-7-17(8-4-15)27-18-9-5-16(21)6-10-18;15-11-3-7-13(8-4-11)19-12-5-1-10(2-6-12)14-16-9-17-18-14;1-18-14(16)10-2-6-12(7-3-10)17-13-8-4-11(15)5-9-13;14-10-3-7-12(8-4-10)16-11-5-1-9(2-6-11)13(15)17;14-11-3-7-13(8-4-11)16-12-5-1-10(9-15)2-6-12;1-4-6(7)8-5(2)3;1-2;2-3-1-4/h3-14H,1-2H3;1-9H,(H,16,17,18);2-9,14H,16H2,1H3;1-8H,(H2,15,17);1-8H;1,5H,2-3H3;1H3;1H,2H2,(H,3,4)/b12-11-;;;;;;;. The third-order valence-corrected chi connectivity index (χ3v) is 15.5. The Hall–Kier alpha value is -11.0. The molecule has 0 saturated carbocycles. The second-order valence-electron chi connectivity index (χ2n) is 22.1. The lowest BCUT2D eigenvalue weighted by Gasteiger charge is -2.10. The Morgan fingerprint density at radius 2 is 0.892 bits per heavy atom. The second-order valence-corrected chi connectivity index (χ2v) is 25.7. The van der Waals surface area contributed by atoms with E-state index in [9.17, 15) is 9.59 Å². The van der Waals surface area contributed by atoms with Gasteiger partial charge in [0.05, 0.1) is 29.2 Å². The number of amides is 1. The average Bonchev–Trinajstić information content (AvgIpc) is 1.82. The first kappa shape index (κ1) is 90.6. The molecule has 21 nitrogen and oxygen atoms in total. The van der Waals surface area contributed by atoms with Crippen LogP contribution in [-0.2, 0) is 23.9 Å². The SMILES string of the molecule is C#CC(=O)OC(C)C.CC(C)OC(=O)/C=C\n1cnc(-c2ccc(Oc3ccc(Cl)cc3)cc2)n1.CI.CSC(N)c1ccc(Oc2ccc(Cl)cc2)cc1.Clc1ccc(Oc2ccc(-c3ncn[nH]3)cc2)cc1.N#Cc1ccc(Oc2ccc(Cl)cc2)cc1.NC(=S)c1ccc(Oc2ccc(Cl)cc2)cc1.NNC=O. The van der Waals surface area contributed by atoms with Crippen molar-refractivity contribution in [1.29, 1.82) is 5.26 Å². The Bertz CT molecular complexity index is 4840. The third-order valence-electron chi connectivity index (χ3n) is 13.2. The highest BCUT2D eigenvalue weighted by molar-refractivity contribution is 14.1. The van der Waals surface area contributed by atoms with E-state index in [0.717, 1.165) is 62.6 Å². The molecule has 0 bridgehead atoms. The first-order valence-electron chi connectivity index (χ1n) is 32.8. The van der Waals surface area contributed by atoms with Crippen molar-refractivity contribution in [3.8, 4) is 98.7 Å². The number of thioether (sulfide) groups is 1. The largest absolute Gasteiger partial charge is 0.460 e. The molecule has 12 aromatic rings. The van der Waals surface area contributed by atoms with Gasteiger partial charge in [-0.15, -0.1) is 23.3 Å². The number of aromatic nitrogens is 6. The lowest BCUT2D eigenvalue weighted by atomic mass is 10.2. The molecular weight excluding hydrogens is 1670 g/mol. The van der Waals surface area contributed by atoms with Crippen molar-refractivity contribution >= 4 is 134 Å². The number of hydrogen-bond acceptors (Lipinski definition) is 19. The van der Waals surface area contributed by atoms with Gasteiger partial charge in [-0.2, -0.15) is 10.4 Å². The molecular formula is C82H75Cl5IN11O10S2. The summed E-state index contributed by atoms with van der Waals surface area (Å²) >= 11 is 37.7. The summed E-state index contributed by atoms with van der Waals surface area (Å²) in [5, 5.41) is 23.0. The van der Waals surface area contributed by atoms with Gasteiger partial charge < -0.3 is 44.6 Å².